The van der Waals surface area contributed by atoms with Crippen LogP contribution in [0.1, 0.15) is 26.7 Å². The third kappa shape index (κ3) is 2.54. The summed E-state index contributed by atoms with van der Waals surface area (Å²) in [5.41, 5.74) is 0. The standard InChI is InChI=1S/C12H20F2O2/c1-7-5-15-12(16-6-7)9-3-10(13)8(2)11(14)4-9/h7-12H,3-6H2,1-2H3. The molecule has 0 aromatic rings. The van der Waals surface area contributed by atoms with Crippen molar-refractivity contribution in [1.29, 1.82) is 0 Å². The van der Waals surface area contributed by atoms with E-state index in [-0.39, 0.29) is 5.92 Å². The molecule has 94 valence electrons. The molecule has 0 bridgehead atoms. The van der Waals surface area contributed by atoms with Crippen LogP contribution >= 0.6 is 0 Å². The molecule has 1 heterocycles. The van der Waals surface area contributed by atoms with Gasteiger partial charge < -0.3 is 9.47 Å². The Morgan fingerprint density at radius 1 is 0.938 bits per heavy atom. The van der Waals surface area contributed by atoms with Crippen molar-refractivity contribution in [3.63, 3.8) is 0 Å². The molecule has 2 nitrogen and oxygen atoms in total. The molecule has 16 heavy (non-hydrogen) atoms. The Hall–Kier alpha value is -0.220. The van der Waals surface area contributed by atoms with E-state index in [2.05, 4.69) is 0 Å². The second-order valence-corrected chi connectivity index (χ2v) is 5.26. The molecule has 1 saturated heterocycles. The molecule has 4 heteroatoms. The molecule has 2 unspecified atom stereocenters. The van der Waals surface area contributed by atoms with Crippen molar-refractivity contribution in [3.05, 3.63) is 0 Å². The Kier molecular flexibility index (Phi) is 3.80. The molecule has 0 aromatic carbocycles. The number of ether oxygens (including phenoxy) is 2. The van der Waals surface area contributed by atoms with Crippen LogP contribution in [0.4, 0.5) is 8.78 Å². The maximum absolute atomic E-state index is 13.6. The Morgan fingerprint density at radius 2 is 1.44 bits per heavy atom. The van der Waals surface area contributed by atoms with Gasteiger partial charge in [0.05, 0.1) is 13.2 Å². The Morgan fingerprint density at radius 3 is 1.94 bits per heavy atom. The largest absolute Gasteiger partial charge is 0.352 e. The van der Waals surface area contributed by atoms with Gasteiger partial charge in [-0.1, -0.05) is 13.8 Å². The highest BCUT2D eigenvalue weighted by atomic mass is 19.1. The van der Waals surface area contributed by atoms with Gasteiger partial charge in [0.15, 0.2) is 6.29 Å². The van der Waals surface area contributed by atoms with E-state index in [0.717, 1.165) is 0 Å². The fraction of sp³-hybridized carbons (Fsp3) is 1.00. The van der Waals surface area contributed by atoms with Gasteiger partial charge in [0.2, 0.25) is 0 Å². The average molecular weight is 234 g/mol. The summed E-state index contributed by atoms with van der Waals surface area (Å²) in [5.74, 6) is -0.242. The minimum Gasteiger partial charge on any atom is -0.352 e. The molecular weight excluding hydrogens is 214 g/mol. The number of hydrogen-bond donors (Lipinski definition) is 0. The minimum absolute atomic E-state index is 0.131. The zero-order valence-corrected chi connectivity index (χ0v) is 9.86. The molecule has 0 aromatic heterocycles. The van der Waals surface area contributed by atoms with Gasteiger partial charge in [0, 0.05) is 17.8 Å². The molecule has 2 aliphatic rings. The fourth-order valence-corrected chi connectivity index (χ4v) is 2.44. The molecule has 2 atom stereocenters. The first kappa shape index (κ1) is 12.2. The first-order valence-electron chi connectivity index (χ1n) is 6.09. The smallest absolute Gasteiger partial charge is 0.160 e. The molecule has 1 aliphatic heterocycles. The Labute approximate surface area is 95.3 Å². The van der Waals surface area contributed by atoms with Crippen LogP contribution in [0.3, 0.4) is 0 Å². The molecule has 0 radical (unpaired) electrons. The normalized spacial score (nSPS) is 50.2. The lowest BCUT2D eigenvalue weighted by Gasteiger charge is -2.39. The van der Waals surface area contributed by atoms with Gasteiger partial charge >= 0.3 is 0 Å². The van der Waals surface area contributed by atoms with Crippen LogP contribution in [0.5, 0.6) is 0 Å². The second-order valence-electron chi connectivity index (χ2n) is 5.26. The van der Waals surface area contributed by atoms with E-state index in [4.69, 9.17) is 9.47 Å². The monoisotopic (exact) mass is 234 g/mol. The van der Waals surface area contributed by atoms with Crippen LogP contribution < -0.4 is 0 Å². The van der Waals surface area contributed by atoms with Crippen molar-refractivity contribution in [1.82, 2.24) is 0 Å². The number of alkyl halides is 2. The number of rotatable bonds is 1. The van der Waals surface area contributed by atoms with Crippen LogP contribution in [0.2, 0.25) is 0 Å². The first-order valence-corrected chi connectivity index (χ1v) is 6.09. The summed E-state index contributed by atoms with van der Waals surface area (Å²) in [6, 6.07) is 0. The molecule has 0 spiro atoms. The van der Waals surface area contributed by atoms with Crippen LogP contribution in [0.25, 0.3) is 0 Å². The highest BCUT2D eigenvalue weighted by molar-refractivity contribution is 4.86. The third-order valence-electron chi connectivity index (χ3n) is 3.67. The molecule has 1 aliphatic carbocycles. The average Bonchev–Trinajstić information content (AvgIpc) is 2.26. The Bertz CT molecular complexity index is 217. The zero-order valence-electron chi connectivity index (χ0n) is 9.86. The SMILES string of the molecule is CC1COC(C2CC(F)C(C)C(F)C2)OC1. The van der Waals surface area contributed by atoms with Crippen molar-refractivity contribution < 1.29 is 18.3 Å². The first-order chi connectivity index (χ1) is 7.58. The van der Waals surface area contributed by atoms with Gasteiger partial charge in [-0.2, -0.15) is 0 Å². The van der Waals surface area contributed by atoms with Crippen molar-refractivity contribution in [2.75, 3.05) is 13.2 Å². The van der Waals surface area contributed by atoms with Gasteiger partial charge in [-0.15, -0.1) is 0 Å². The van der Waals surface area contributed by atoms with Crippen molar-refractivity contribution in [2.45, 2.75) is 45.3 Å². The van der Waals surface area contributed by atoms with Crippen LogP contribution in [-0.4, -0.2) is 31.8 Å². The maximum atomic E-state index is 13.6. The summed E-state index contributed by atoms with van der Waals surface area (Å²) in [5, 5.41) is 0. The topological polar surface area (TPSA) is 18.5 Å². The summed E-state index contributed by atoms with van der Waals surface area (Å²) >= 11 is 0. The second kappa shape index (κ2) is 4.96. The molecular formula is C12H20F2O2. The fourth-order valence-electron chi connectivity index (χ4n) is 2.44. The van der Waals surface area contributed by atoms with Gasteiger partial charge in [0.1, 0.15) is 12.3 Å². The minimum atomic E-state index is -1.07. The van der Waals surface area contributed by atoms with Gasteiger partial charge in [-0.25, -0.2) is 8.78 Å². The lowest BCUT2D eigenvalue weighted by atomic mass is 9.79. The quantitative estimate of drug-likeness (QED) is 0.694. The molecule has 2 rings (SSSR count). The molecule has 0 amide bonds. The van der Waals surface area contributed by atoms with E-state index in [1.54, 1.807) is 6.92 Å². The van der Waals surface area contributed by atoms with Crippen LogP contribution in [0.15, 0.2) is 0 Å². The summed E-state index contributed by atoms with van der Waals surface area (Å²) in [6.45, 7) is 4.93. The van der Waals surface area contributed by atoms with Crippen molar-refractivity contribution in [3.8, 4) is 0 Å². The lowest BCUT2D eigenvalue weighted by Crippen LogP contribution is -2.43. The van der Waals surface area contributed by atoms with Gasteiger partial charge in [-0.05, 0) is 12.8 Å². The van der Waals surface area contributed by atoms with Gasteiger partial charge in [0.25, 0.3) is 0 Å². The van der Waals surface area contributed by atoms with E-state index >= 15 is 0 Å². The van der Waals surface area contributed by atoms with E-state index in [1.165, 1.54) is 0 Å². The zero-order chi connectivity index (χ0) is 11.7. The van der Waals surface area contributed by atoms with E-state index < -0.39 is 24.6 Å². The highest BCUT2D eigenvalue weighted by Crippen LogP contribution is 2.37. The van der Waals surface area contributed by atoms with Crippen molar-refractivity contribution >= 4 is 0 Å². The molecule has 2 fully saturated rings. The summed E-state index contributed by atoms with van der Waals surface area (Å²) in [6.07, 6.45) is -1.82. The third-order valence-corrected chi connectivity index (χ3v) is 3.67. The van der Waals surface area contributed by atoms with E-state index in [1.807, 2.05) is 6.92 Å². The number of hydrogen-bond acceptors (Lipinski definition) is 2. The Balaban J connectivity index is 1.90. The van der Waals surface area contributed by atoms with E-state index in [0.29, 0.717) is 32.0 Å². The predicted octanol–water partition coefficient (Wildman–Crippen LogP) is 2.72. The number of halogens is 2. The molecule has 0 N–H and O–H groups in total. The van der Waals surface area contributed by atoms with Crippen LogP contribution in [0, 0.1) is 17.8 Å². The van der Waals surface area contributed by atoms with Gasteiger partial charge in [-0.3, -0.25) is 0 Å². The summed E-state index contributed by atoms with van der Waals surface area (Å²) in [7, 11) is 0. The lowest BCUT2D eigenvalue weighted by molar-refractivity contribution is -0.232. The highest BCUT2D eigenvalue weighted by Gasteiger charge is 2.40. The maximum Gasteiger partial charge on any atom is 0.160 e. The van der Waals surface area contributed by atoms with E-state index in [9.17, 15) is 8.78 Å². The van der Waals surface area contributed by atoms with Crippen LogP contribution in [-0.2, 0) is 9.47 Å². The molecule has 1 saturated carbocycles. The summed E-state index contributed by atoms with van der Waals surface area (Å²) in [4.78, 5) is 0. The summed E-state index contributed by atoms with van der Waals surface area (Å²) < 4.78 is 38.1. The predicted molar refractivity (Wildman–Crippen MR) is 56.5 cm³/mol. The van der Waals surface area contributed by atoms with Crippen molar-refractivity contribution in [2.24, 2.45) is 17.8 Å².